The SMILES string of the molecule is O=C(Nc1cc(Cl)ncn1)c1c[nH]c2ccccc12. The van der Waals surface area contributed by atoms with Crippen molar-refractivity contribution in [3.8, 4) is 0 Å². The van der Waals surface area contributed by atoms with E-state index in [0.717, 1.165) is 10.9 Å². The van der Waals surface area contributed by atoms with Gasteiger partial charge in [-0.3, -0.25) is 4.79 Å². The average molecular weight is 273 g/mol. The summed E-state index contributed by atoms with van der Waals surface area (Å²) in [6, 6.07) is 9.08. The summed E-state index contributed by atoms with van der Waals surface area (Å²) in [6.07, 6.45) is 2.97. The quantitative estimate of drug-likeness (QED) is 0.705. The lowest BCUT2D eigenvalue weighted by Crippen LogP contribution is -2.12. The first-order valence-electron chi connectivity index (χ1n) is 5.59. The molecule has 1 amide bonds. The Bertz CT molecular complexity index is 753. The van der Waals surface area contributed by atoms with Crippen molar-refractivity contribution in [1.29, 1.82) is 0 Å². The molecule has 6 heteroatoms. The molecule has 0 unspecified atom stereocenters. The highest BCUT2D eigenvalue weighted by molar-refractivity contribution is 6.29. The van der Waals surface area contributed by atoms with E-state index < -0.39 is 0 Å². The molecule has 5 nitrogen and oxygen atoms in total. The number of hydrogen-bond donors (Lipinski definition) is 2. The zero-order valence-electron chi connectivity index (χ0n) is 9.72. The van der Waals surface area contributed by atoms with Gasteiger partial charge in [-0.25, -0.2) is 9.97 Å². The van der Waals surface area contributed by atoms with Crippen molar-refractivity contribution < 1.29 is 4.79 Å². The Morgan fingerprint density at radius 1 is 1.26 bits per heavy atom. The van der Waals surface area contributed by atoms with Gasteiger partial charge in [0.25, 0.3) is 5.91 Å². The highest BCUT2D eigenvalue weighted by Gasteiger charge is 2.12. The van der Waals surface area contributed by atoms with E-state index >= 15 is 0 Å². The molecule has 0 atom stereocenters. The van der Waals surface area contributed by atoms with Crippen LogP contribution in [0.5, 0.6) is 0 Å². The van der Waals surface area contributed by atoms with E-state index in [1.54, 1.807) is 6.20 Å². The van der Waals surface area contributed by atoms with Crippen molar-refractivity contribution in [2.45, 2.75) is 0 Å². The number of benzene rings is 1. The van der Waals surface area contributed by atoms with E-state index in [1.807, 2.05) is 24.3 Å². The van der Waals surface area contributed by atoms with Crippen LogP contribution >= 0.6 is 11.6 Å². The van der Waals surface area contributed by atoms with Crippen LogP contribution in [0.25, 0.3) is 10.9 Å². The summed E-state index contributed by atoms with van der Waals surface area (Å²) in [5.74, 6) is 0.127. The number of carbonyl (C=O) groups excluding carboxylic acids is 1. The topological polar surface area (TPSA) is 70.7 Å². The molecule has 0 fully saturated rings. The maximum absolute atomic E-state index is 12.2. The first kappa shape index (κ1) is 11.7. The van der Waals surface area contributed by atoms with Crippen molar-refractivity contribution in [2.75, 3.05) is 5.32 Å². The number of amides is 1. The third-order valence-corrected chi connectivity index (χ3v) is 2.92. The van der Waals surface area contributed by atoms with Gasteiger partial charge >= 0.3 is 0 Å². The van der Waals surface area contributed by atoms with Crippen LogP contribution in [-0.2, 0) is 0 Å². The van der Waals surface area contributed by atoms with Crippen LogP contribution in [0.3, 0.4) is 0 Å². The van der Waals surface area contributed by atoms with Gasteiger partial charge in [0.2, 0.25) is 0 Å². The maximum Gasteiger partial charge on any atom is 0.258 e. The highest BCUT2D eigenvalue weighted by atomic mass is 35.5. The number of halogens is 1. The van der Waals surface area contributed by atoms with Gasteiger partial charge in [-0.2, -0.15) is 0 Å². The molecule has 0 aliphatic rings. The Morgan fingerprint density at radius 2 is 2.11 bits per heavy atom. The fourth-order valence-electron chi connectivity index (χ4n) is 1.84. The number of carbonyl (C=O) groups is 1. The second-order valence-corrected chi connectivity index (χ2v) is 4.32. The smallest absolute Gasteiger partial charge is 0.258 e. The molecule has 2 N–H and O–H groups in total. The van der Waals surface area contributed by atoms with Crippen LogP contribution in [-0.4, -0.2) is 20.9 Å². The third-order valence-electron chi connectivity index (χ3n) is 2.71. The first-order chi connectivity index (χ1) is 9.24. The first-order valence-corrected chi connectivity index (χ1v) is 5.97. The molecule has 3 aromatic rings. The van der Waals surface area contributed by atoms with E-state index in [9.17, 15) is 4.79 Å². The fourth-order valence-corrected chi connectivity index (χ4v) is 1.99. The normalized spacial score (nSPS) is 10.6. The predicted molar refractivity (Wildman–Crippen MR) is 73.3 cm³/mol. The molecular weight excluding hydrogens is 264 g/mol. The molecule has 0 bridgehead atoms. The lowest BCUT2D eigenvalue weighted by atomic mass is 10.1. The number of nitrogens with one attached hydrogen (secondary N) is 2. The molecule has 0 saturated heterocycles. The van der Waals surface area contributed by atoms with Crippen LogP contribution in [0.1, 0.15) is 10.4 Å². The van der Waals surface area contributed by atoms with Crippen molar-refractivity contribution in [2.24, 2.45) is 0 Å². The Morgan fingerprint density at radius 3 is 2.95 bits per heavy atom. The van der Waals surface area contributed by atoms with E-state index in [4.69, 9.17) is 11.6 Å². The average Bonchev–Trinajstić information content (AvgIpc) is 2.82. The van der Waals surface area contributed by atoms with E-state index in [2.05, 4.69) is 20.3 Å². The molecule has 3 rings (SSSR count). The van der Waals surface area contributed by atoms with E-state index in [0.29, 0.717) is 11.4 Å². The molecule has 0 radical (unpaired) electrons. The maximum atomic E-state index is 12.2. The lowest BCUT2D eigenvalue weighted by molar-refractivity contribution is 0.102. The number of rotatable bonds is 2. The Balaban J connectivity index is 1.92. The lowest BCUT2D eigenvalue weighted by Gasteiger charge is -2.03. The second-order valence-electron chi connectivity index (χ2n) is 3.93. The van der Waals surface area contributed by atoms with Crippen molar-refractivity contribution >= 4 is 34.2 Å². The van der Waals surface area contributed by atoms with Gasteiger partial charge in [0.1, 0.15) is 17.3 Å². The Kier molecular flexibility index (Phi) is 2.89. The number of H-pyrrole nitrogens is 1. The third kappa shape index (κ3) is 2.28. The van der Waals surface area contributed by atoms with Gasteiger partial charge in [-0.1, -0.05) is 29.8 Å². The van der Waals surface area contributed by atoms with Gasteiger partial charge in [-0.15, -0.1) is 0 Å². The fraction of sp³-hybridized carbons (Fsp3) is 0. The number of para-hydroxylation sites is 1. The number of hydrogen-bond acceptors (Lipinski definition) is 3. The minimum Gasteiger partial charge on any atom is -0.360 e. The van der Waals surface area contributed by atoms with Gasteiger partial charge in [0, 0.05) is 23.2 Å². The molecule has 2 aromatic heterocycles. The van der Waals surface area contributed by atoms with Gasteiger partial charge in [0.05, 0.1) is 5.56 Å². The van der Waals surface area contributed by atoms with Crippen molar-refractivity contribution in [3.63, 3.8) is 0 Å². The van der Waals surface area contributed by atoms with Crippen molar-refractivity contribution in [1.82, 2.24) is 15.0 Å². The number of fused-ring (bicyclic) bond motifs is 1. The Labute approximate surface area is 113 Å². The summed E-state index contributed by atoms with van der Waals surface area (Å²) in [6.45, 7) is 0. The summed E-state index contributed by atoms with van der Waals surface area (Å²) in [4.78, 5) is 22.9. The molecule has 0 aliphatic carbocycles. The summed E-state index contributed by atoms with van der Waals surface area (Å²) >= 11 is 5.74. The minimum atomic E-state index is -0.243. The van der Waals surface area contributed by atoms with Crippen LogP contribution < -0.4 is 5.32 Å². The number of aromatic nitrogens is 3. The van der Waals surface area contributed by atoms with E-state index in [1.165, 1.54) is 12.4 Å². The number of nitrogens with zero attached hydrogens (tertiary/aromatic N) is 2. The molecule has 0 spiro atoms. The predicted octanol–water partition coefficient (Wildman–Crippen LogP) is 2.86. The molecular formula is C13H9ClN4O. The van der Waals surface area contributed by atoms with Crippen LogP contribution in [0.4, 0.5) is 5.82 Å². The zero-order chi connectivity index (χ0) is 13.2. The van der Waals surface area contributed by atoms with Gasteiger partial charge in [-0.05, 0) is 6.07 Å². The summed E-state index contributed by atoms with van der Waals surface area (Å²) in [5, 5.41) is 3.83. The zero-order valence-corrected chi connectivity index (χ0v) is 10.5. The van der Waals surface area contributed by atoms with Gasteiger partial charge < -0.3 is 10.3 Å². The highest BCUT2D eigenvalue weighted by Crippen LogP contribution is 2.19. The summed E-state index contributed by atoms with van der Waals surface area (Å²) in [7, 11) is 0. The van der Waals surface area contributed by atoms with E-state index in [-0.39, 0.29) is 11.1 Å². The monoisotopic (exact) mass is 272 g/mol. The number of aromatic amines is 1. The van der Waals surface area contributed by atoms with Crippen LogP contribution in [0.15, 0.2) is 42.9 Å². The summed E-state index contributed by atoms with van der Waals surface area (Å²) in [5.41, 5.74) is 1.47. The second kappa shape index (κ2) is 4.70. The number of anilines is 1. The standard InChI is InChI=1S/C13H9ClN4O/c14-11-5-12(17-7-16-11)18-13(19)9-6-15-10-4-2-1-3-8(9)10/h1-7,15H,(H,16,17,18,19). The molecule has 19 heavy (non-hydrogen) atoms. The largest absolute Gasteiger partial charge is 0.360 e. The summed E-state index contributed by atoms with van der Waals surface area (Å²) < 4.78 is 0. The van der Waals surface area contributed by atoms with Crippen LogP contribution in [0, 0.1) is 0 Å². The molecule has 2 heterocycles. The molecule has 0 saturated carbocycles. The Hall–Kier alpha value is -2.40. The van der Waals surface area contributed by atoms with Crippen molar-refractivity contribution in [3.05, 3.63) is 53.6 Å². The molecule has 0 aliphatic heterocycles. The van der Waals surface area contributed by atoms with Crippen LogP contribution in [0.2, 0.25) is 5.15 Å². The molecule has 94 valence electrons. The minimum absolute atomic E-state index is 0.243. The van der Waals surface area contributed by atoms with Gasteiger partial charge in [0.15, 0.2) is 0 Å². The molecule has 1 aromatic carbocycles.